The van der Waals surface area contributed by atoms with Gasteiger partial charge in [-0.25, -0.2) is 13.6 Å². The summed E-state index contributed by atoms with van der Waals surface area (Å²) in [5, 5.41) is 9.50. The fraction of sp³-hybridized carbons (Fsp3) is 0.217. The molecule has 1 aliphatic rings. The van der Waals surface area contributed by atoms with E-state index in [1.54, 1.807) is 0 Å². The second-order valence-electron chi connectivity index (χ2n) is 7.39. The number of halogens is 2. The Bertz CT molecular complexity index is 1150. The first-order chi connectivity index (χ1) is 14.7. The first kappa shape index (κ1) is 23.6. The molecule has 0 bridgehead atoms. The van der Waals surface area contributed by atoms with Crippen LogP contribution in [-0.2, 0) is 10.0 Å². The minimum atomic E-state index is -3.58. The van der Waals surface area contributed by atoms with Crippen LogP contribution in [0.4, 0.5) is 5.69 Å². The molecule has 0 saturated carbocycles. The lowest BCUT2D eigenvalue weighted by Gasteiger charge is -2.32. The molecule has 0 radical (unpaired) electrons. The van der Waals surface area contributed by atoms with Gasteiger partial charge in [0, 0.05) is 17.6 Å². The van der Waals surface area contributed by atoms with E-state index in [0.29, 0.717) is 27.7 Å². The molecule has 4 rings (SSSR count). The van der Waals surface area contributed by atoms with Gasteiger partial charge in [-0.15, -0.1) is 0 Å². The molecule has 0 unspecified atom stereocenters. The van der Waals surface area contributed by atoms with Gasteiger partial charge in [0.15, 0.2) is 0 Å². The van der Waals surface area contributed by atoms with Crippen LogP contribution in [0.3, 0.4) is 0 Å². The van der Waals surface area contributed by atoms with Gasteiger partial charge < -0.3 is 11.1 Å². The SMILES string of the molecule is CN[C@H]1CC[C@@H](c2ccc(Cl)c(Cl)c2)c2ccccc21.Nc1ccc(S(N)(=O)=O)cc1. The van der Waals surface area contributed by atoms with E-state index in [2.05, 4.69) is 35.6 Å². The zero-order valence-corrected chi connectivity index (χ0v) is 19.4. The van der Waals surface area contributed by atoms with E-state index >= 15 is 0 Å². The standard InChI is InChI=1S/C17H17Cl2N.C6H8N2O2S/c1-20-17-9-7-12(13-4-2-3-5-14(13)17)11-6-8-15(18)16(19)10-11;7-5-1-3-6(4-2-5)11(8,9)10/h2-6,8,10,12,17,20H,7,9H2,1H3;1-4H,7H2,(H2,8,9,10)/t12-,17-;/m0./s1. The molecule has 164 valence electrons. The summed E-state index contributed by atoms with van der Waals surface area (Å²) in [6, 6.07) is 20.8. The van der Waals surface area contributed by atoms with E-state index < -0.39 is 10.0 Å². The number of anilines is 1. The van der Waals surface area contributed by atoms with Crippen LogP contribution in [0, 0.1) is 0 Å². The lowest BCUT2D eigenvalue weighted by molar-refractivity contribution is 0.471. The first-order valence-corrected chi connectivity index (χ1v) is 12.1. The Labute approximate surface area is 193 Å². The van der Waals surface area contributed by atoms with Gasteiger partial charge in [0.2, 0.25) is 10.0 Å². The highest BCUT2D eigenvalue weighted by molar-refractivity contribution is 7.89. The van der Waals surface area contributed by atoms with Gasteiger partial charge >= 0.3 is 0 Å². The zero-order chi connectivity index (χ0) is 22.6. The number of nitrogen functional groups attached to an aromatic ring is 1. The third kappa shape index (κ3) is 5.79. The predicted molar refractivity (Wildman–Crippen MR) is 128 cm³/mol. The van der Waals surface area contributed by atoms with Gasteiger partial charge in [0.05, 0.1) is 14.9 Å². The maximum Gasteiger partial charge on any atom is 0.238 e. The van der Waals surface area contributed by atoms with E-state index in [-0.39, 0.29) is 4.90 Å². The molecule has 1 aliphatic carbocycles. The summed E-state index contributed by atoms with van der Waals surface area (Å²) in [6.07, 6.45) is 2.26. The molecule has 0 heterocycles. The molecule has 8 heteroatoms. The maximum absolute atomic E-state index is 10.7. The number of benzene rings is 3. The van der Waals surface area contributed by atoms with Crippen molar-refractivity contribution in [1.82, 2.24) is 5.32 Å². The summed E-state index contributed by atoms with van der Waals surface area (Å²) in [7, 11) is -1.55. The van der Waals surface area contributed by atoms with E-state index in [1.165, 1.54) is 41.0 Å². The summed E-state index contributed by atoms with van der Waals surface area (Å²) in [4.78, 5) is 0.0756. The van der Waals surface area contributed by atoms with Crippen molar-refractivity contribution in [3.63, 3.8) is 0 Å². The average molecular weight is 478 g/mol. The summed E-state index contributed by atoms with van der Waals surface area (Å²) >= 11 is 12.2. The van der Waals surface area contributed by atoms with Crippen molar-refractivity contribution in [2.75, 3.05) is 12.8 Å². The molecule has 3 aromatic rings. The van der Waals surface area contributed by atoms with Gasteiger partial charge in [-0.1, -0.05) is 53.5 Å². The minimum absolute atomic E-state index is 0.0756. The molecular weight excluding hydrogens is 453 g/mol. The van der Waals surface area contributed by atoms with Gasteiger partial charge in [0.1, 0.15) is 0 Å². The number of primary sulfonamides is 1. The van der Waals surface area contributed by atoms with Crippen LogP contribution < -0.4 is 16.2 Å². The highest BCUT2D eigenvalue weighted by Crippen LogP contribution is 2.42. The Morgan fingerprint density at radius 2 is 1.55 bits per heavy atom. The van der Waals surface area contributed by atoms with Crippen LogP contribution in [-0.4, -0.2) is 15.5 Å². The molecule has 5 N–H and O–H groups in total. The molecule has 0 aromatic heterocycles. The van der Waals surface area contributed by atoms with Crippen molar-refractivity contribution in [2.24, 2.45) is 5.14 Å². The Balaban J connectivity index is 0.000000210. The van der Waals surface area contributed by atoms with Crippen molar-refractivity contribution in [3.05, 3.63) is 93.5 Å². The van der Waals surface area contributed by atoms with Gasteiger partial charge in [0.25, 0.3) is 0 Å². The number of fused-ring (bicyclic) bond motifs is 1. The number of nitrogens with one attached hydrogen (secondary N) is 1. The minimum Gasteiger partial charge on any atom is -0.399 e. The van der Waals surface area contributed by atoms with E-state index in [0.717, 1.165) is 12.8 Å². The predicted octanol–water partition coefficient (Wildman–Crippen LogP) is 5.10. The topological polar surface area (TPSA) is 98.2 Å². The third-order valence-electron chi connectivity index (χ3n) is 5.39. The van der Waals surface area contributed by atoms with Crippen LogP contribution in [0.1, 0.15) is 41.5 Å². The van der Waals surface area contributed by atoms with E-state index in [4.69, 9.17) is 34.1 Å². The monoisotopic (exact) mass is 477 g/mol. The van der Waals surface area contributed by atoms with Gasteiger partial charge in [-0.3, -0.25) is 0 Å². The number of hydrogen-bond acceptors (Lipinski definition) is 4. The molecule has 0 saturated heterocycles. The van der Waals surface area contributed by atoms with Crippen molar-refractivity contribution in [3.8, 4) is 0 Å². The van der Waals surface area contributed by atoms with Gasteiger partial charge in [-0.05, 0) is 73.0 Å². The Morgan fingerprint density at radius 1 is 0.903 bits per heavy atom. The summed E-state index contributed by atoms with van der Waals surface area (Å²) in [5.74, 6) is 0.408. The second-order valence-corrected chi connectivity index (χ2v) is 9.76. The molecule has 0 fully saturated rings. The number of sulfonamides is 1. The Hall–Kier alpha value is -2.09. The van der Waals surface area contributed by atoms with Crippen molar-refractivity contribution in [1.29, 1.82) is 0 Å². The largest absolute Gasteiger partial charge is 0.399 e. The molecule has 3 aromatic carbocycles. The average Bonchev–Trinajstić information content (AvgIpc) is 2.75. The first-order valence-electron chi connectivity index (χ1n) is 9.80. The molecule has 0 amide bonds. The van der Waals surface area contributed by atoms with E-state index in [9.17, 15) is 8.42 Å². The lowest BCUT2D eigenvalue weighted by atomic mass is 9.77. The molecule has 2 atom stereocenters. The summed E-state index contributed by atoms with van der Waals surface area (Å²) in [5.41, 5.74) is 9.90. The lowest BCUT2D eigenvalue weighted by Crippen LogP contribution is -2.24. The van der Waals surface area contributed by atoms with Crippen LogP contribution in [0.25, 0.3) is 0 Å². The highest BCUT2D eigenvalue weighted by Gasteiger charge is 2.27. The van der Waals surface area contributed by atoms with Crippen molar-refractivity contribution < 1.29 is 8.42 Å². The maximum atomic E-state index is 10.7. The molecule has 0 spiro atoms. The normalized spacial score (nSPS) is 17.9. The third-order valence-corrected chi connectivity index (χ3v) is 7.06. The Morgan fingerprint density at radius 3 is 2.13 bits per heavy atom. The quantitative estimate of drug-likeness (QED) is 0.457. The fourth-order valence-corrected chi connectivity index (χ4v) is 4.64. The molecular formula is C23H25Cl2N3O2S. The van der Waals surface area contributed by atoms with Crippen LogP contribution in [0.15, 0.2) is 71.6 Å². The van der Waals surface area contributed by atoms with Gasteiger partial charge in [-0.2, -0.15) is 0 Å². The number of nitrogens with two attached hydrogens (primary N) is 2. The molecule has 5 nitrogen and oxygen atoms in total. The highest BCUT2D eigenvalue weighted by atomic mass is 35.5. The summed E-state index contributed by atoms with van der Waals surface area (Å²) in [6.45, 7) is 0. The summed E-state index contributed by atoms with van der Waals surface area (Å²) < 4.78 is 21.4. The van der Waals surface area contributed by atoms with Crippen LogP contribution in [0.5, 0.6) is 0 Å². The number of rotatable bonds is 3. The molecule has 0 aliphatic heterocycles. The van der Waals surface area contributed by atoms with Crippen LogP contribution >= 0.6 is 23.2 Å². The van der Waals surface area contributed by atoms with Crippen molar-refractivity contribution in [2.45, 2.75) is 29.7 Å². The van der Waals surface area contributed by atoms with Crippen molar-refractivity contribution >= 4 is 38.9 Å². The second kappa shape index (κ2) is 10.0. The van der Waals surface area contributed by atoms with Crippen LogP contribution in [0.2, 0.25) is 10.0 Å². The molecule has 31 heavy (non-hydrogen) atoms. The smallest absolute Gasteiger partial charge is 0.238 e. The fourth-order valence-electron chi connectivity index (χ4n) is 3.82. The zero-order valence-electron chi connectivity index (χ0n) is 17.1. The van der Waals surface area contributed by atoms with E-state index in [1.807, 2.05) is 19.2 Å². The Kier molecular flexibility index (Phi) is 7.62. The number of hydrogen-bond donors (Lipinski definition) is 3.